The van der Waals surface area contributed by atoms with Crippen LogP contribution in [0.3, 0.4) is 0 Å². The minimum absolute atomic E-state index is 0.283. The molecular formula is C15H12N2O2. The van der Waals surface area contributed by atoms with Gasteiger partial charge >= 0.3 is 5.97 Å². The molecule has 1 saturated heterocycles. The van der Waals surface area contributed by atoms with Gasteiger partial charge in [0.2, 0.25) is 0 Å². The Bertz CT molecular complexity index is 697. The SMILES string of the molecule is N#Cc1ccc(N2CC(C(=O)O)C2)c2ccccc12. The van der Waals surface area contributed by atoms with Crippen LogP contribution in [0.1, 0.15) is 5.56 Å². The summed E-state index contributed by atoms with van der Waals surface area (Å²) >= 11 is 0. The molecule has 1 aliphatic heterocycles. The van der Waals surface area contributed by atoms with Crippen LogP contribution in [0.15, 0.2) is 36.4 Å². The Kier molecular flexibility index (Phi) is 2.60. The van der Waals surface area contributed by atoms with E-state index in [0.717, 1.165) is 16.5 Å². The van der Waals surface area contributed by atoms with E-state index in [-0.39, 0.29) is 5.92 Å². The van der Waals surface area contributed by atoms with Gasteiger partial charge in [-0.15, -0.1) is 0 Å². The maximum atomic E-state index is 10.9. The standard InChI is InChI=1S/C15H12N2O2/c16-7-10-5-6-14(13-4-2-1-3-12(10)13)17-8-11(9-17)15(18)19/h1-6,11H,8-9H2,(H,18,19). The number of hydrogen-bond acceptors (Lipinski definition) is 3. The molecule has 0 atom stereocenters. The molecular weight excluding hydrogens is 240 g/mol. The van der Waals surface area contributed by atoms with Gasteiger partial charge in [-0.05, 0) is 12.1 Å². The number of benzene rings is 2. The van der Waals surface area contributed by atoms with Crippen molar-refractivity contribution in [2.24, 2.45) is 5.92 Å². The minimum atomic E-state index is -0.741. The molecule has 2 aromatic carbocycles. The lowest BCUT2D eigenvalue weighted by atomic mass is 9.96. The highest BCUT2D eigenvalue weighted by Crippen LogP contribution is 2.33. The molecule has 0 aliphatic carbocycles. The summed E-state index contributed by atoms with van der Waals surface area (Å²) in [6.07, 6.45) is 0. The van der Waals surface area contributed by atoms with Gasteiger partial charge in [0.1, 0.15) is 0 Å². The number of hydrogen-bond donors (Lipinski definition) is 1. The number of carboxylic acids is 1. The van der Waals surface area contributed by atoms with Gasteiger partial charge in [0.15, 0.2) is 0 Å². The molecule has 1 N–H and O–H groups in total. The molecule has 0 radical (unpaired) electrons. The molecule has 4 heteroatoms. The Morgan fingerprint density at radius 1 is 1.21 bits per heavy atom. The monoisotopic (exact) mass is 252 g/mol. The van der Waals surface area contributed by atoms with Crippen LogP contribution in [0, 0.1) is 17.2 Å². The average molecular weight is 252 g/mol. The molecule has 0 spiro atoms. The van der Waals surface area contributed by atoms with Crippen molar-refractivity contribution in [2.45, 2.75) is 0 Å². The highest BCUT2D eigenvalue weighted by molar-refractivity contribution is 5.98. The van der Waals surface area contributed by atoms with E-state index >= 15 is 0 Å². The summed E-state index contributed by atoms with van der Waals surface area (Å²) in [5, 5.41) is 20.0. The summed E-state index contributed by atoms with van der Waals surface area (Å²) in [6.45, 7) is 1.07. The second kappa shape index (κ2) is 4.29. The Morgan fingerprint density at radius 3 is 2.53 bits per heavy atom. The van der Waals surface area contributed by atoms with Crippen LogP contribution >= 0.6 is 0 Å². The molecule has 0 saturated carbocycles. The van der Waals surface area contributed by atoms with Crippen LogP contribution in [-0.4, -0.2) is 24.2 Å². The minimum Gasteiger partial charge on any atom is -0.481 e. The molecule has 0 unspecified atom stereocenters. The van der Waals surface area contributed by atoms with Crippen molar-refractivity contribution < 1.29 is 9.90 Å². The zero-order valence-corrected chi connectivity index (χ0v) is 10.2. The van der Waals surface area contributed by atoms with Gasteiger partial charge in [0.25, 0.3) is 0 Å². The van der Waals surface area contributed by atoms with Gasteiger partial charge < -0.3 is 10.0 Å². The zero-order chi connectivity index (χ0) is 13.4. The predicted molar refractivity (Wildman–Crippen MR) is 72.0 cm³/mol. The summed E-state index contributed by atoms with van der Waals surface area (Å²) in [5.41, 5.74) is 1.65. The number of anilines is 1. The Labute approximate surface area is 110 Å². The highest BCUT2D eigenvalue weighted by atomic mass is 16.4. The summed E-state index contributed by atoms with van der Waals surface area (Å²) in [4.78, 5) is 12.9. The molecule has 1 aliphatic rings. The second-order valence-electron chi connectivity index (χ2n) is 4.73. The van der Waals surface area contributed by atoms with E-state index in [4.69, 9.17) is 10.4 Å². The van der Waals surface area contributed by atoms with E-state index in [2.05, 4.69) is 6.07 Å². The summed E-state index contributed by atoms with van der Waals surface area (Å²) in [7, 11) is 0. The maximum absolute atomic E-state index is 10.9. The van der Waals surface area contributed by atoms with Crippen molar-refractivity contribution in [3.05, 3.63) is 42.0 Å². The van der Waals surface area contributed by atoms with Crippen LogP contribution < -0.4 is 4.90 Å². The molecule has 0 amide bonds. The number of nitriles is 1. The Morgan fingerprint density at radius 2 is 1.89 bits per heavy atom. The third kappa shape index (κ3) is 1.80. The lowest BCUT2D eigenvalue weighted by Gasteiger charge is -2.39. The first-order chi connectivity index (χ1) is 9.20. The van der Waals surface area contributed by atoms with E-state index < -0.39 is 5.97 Å². The molecule has 1 heterocycles. The topological polar surface area (TPSA) is 64.3 Å². The van der Waals surface area contributed by atoms with Crippen molar-refractivity contribution in [3.8, 4) is 6.07 Å². The average Bonchev–Trinajstić information content (AvgIpc) is 2.36. The van der Waals surface area contributed by atoms with E-state index in [1.165, 1.54) is 0 Å². The van der Waals surface area contributed by atoms with Gasteiger partial charge in [-0.3, -0.25) is 4.79 Å². The summed E-state index contributed by atoms with van der Waals surface area (Å²) in [6, 6.07) is 13.6. The number of fused-ring (bicyclic) bond motifs is 1. The second-order valence-corrected chi connectivity index (χ2v) is 4.73. The first-order valence-corrected chi connectivity index (χ1v) is 6.10. The first-order valence-electron chi connectivity index (χ1n) is 6.10. The van der Waals surface area contributed by atoms with Crippen LogP contribution in [-0.2, 0) is 4.79 Å². The molecule has 1 fully saturated rings. The Balaban J connectivity index is 2.03. The number of rotatable bonds is 2. The van der Waals surface area contributed by atoms with E-state index in [1.54, 1.807) is 6.07 Å². The molecule has 2 aromatic rings. The molecule has 3 rings (SSSR count). The molecule has 94 valence electrons. The zero-order valence-electron chi connectivity index (χ0n) is 10.2. The van der Waals surface area contributed by atoms with Gasteiger partial charge in [-0.1, -0.05) is 24.3 Å². The number of carbonyl (C=O) groups is 1. The fraction of sp³-hybridized carbons (Fsp3) is 0.200. The predicted octanol–water partition coefficient (Wildman–Crippen LogP) is 2.23. The third-order valence-corrected chi connectivity index (χ3v) is 3.59. The van der Waals surface area contributed by atoms with E-state index in [9.17, 15) is 4.79 Å². The fourth-order valence-electron chi connectivity index (χ4n) is 2.49. The summed E-state index contributed by atoms with van der Waals surface area (Å²) in [5.74, 6) is -1.02. The third-order valence-electron chi connectivity index (χ3n) is 3.59. The number of aliphatic carboxylic acids is 1. The molecule has 0 aromatic heterocycles. The lowest BCUT2D eigenvalue weighted by Crippen LogP contribution is -2.50. The molecule has 4 nitrogen and oxygen atoms in total. The summed E-state index contributed by atoms with van der Waals surface area (Å²) < 4.78 is 0. The maximum Gasteiger partial charge on any atom is 0.310 e. The van der Waals surface area contributed by atoms with E-state index in [1.807, 2.05) is 35.2 Å². The van der Waals surface area contributed by atoms with Crippen LogP contribution in [0.5, 0.6) is 0 Å². The first kappa shape index (κ1) is 11.5. The van der Waals surface area contributed by atoms with Gasteiger partial charge in [0.05, 0.1) is 17.6 Å². The van der Waals surface area contributed by atoms with E-state index in [0.29, 0.717) is 18.7 Å². The Hall–Kier alpha value is -2.54. The van der Waals surface area contributed by atoms with Crippen molar-refractivity contribution in [1.29, 1.82) is 5.26 Å². The smallest absolute Gasteiger partial charge is 0.310 e. The largest absolute Gasteiger partial charge is 0.481 e. The quantitative estimate of drug-likeness (QED) is 0.890. The van der Waals surface area contributed by atoms with Crippen molar-refractivity contribution in [3.63, 3.8) is 0 Å². The van der Waals surface area contributed by atoms with Gasteiger partial charge in [-0.2, -0.15) is 5.26 Å². The normalized spacial score (nSPS) is 15.0. The number of nitrogens with zero attached hydrogens (tertiary/aromatic N) is 2. The number of carboxylic acid groups (broad SMARTS) is 1. The van der Waals surface area contributed by atoms with Crippen LogP contribution in [0.4, 0.5) is 5.69 Å². The van der Waals surface area contributed by atoms with Crippen LogP contribution in [0.25, 0.3) is 10.8 Å². The van der Waals surface area contributed by atoms with Crippen molar-refractivity contribution >= 4 is 22.4 Å². The highest BCUT2D eigenvalue weighted by Gasteiger charge is 2.33. The van der Waals surface area contributed by atoms with Crippen LogP contribution in [0.2, 0.25) is 0 Å². The van der Waals surface area contributed by atoms with Crippen molar-refractivity contribution in [2.75, 3.05) is 18.0 Å². The van der Waals surface area contributed by atoms with Crippen molar-refractivity contribution in [1.82, 2.24) is 0 Å². The lowest BCUT2D eigenvalue weighted by molar-refractivity contribution is -0.142. The van der Waals surface area contributed by atoms with Gasteiger partial charge in [-0.25, -0.2) is 0 Å². The fourth-order valence-corrected chi connectivity index (χ4v) is 2.49. The molecule has 0 bridgehead atoms. The van der Waals surface area contributed by atoms with Gasteiger partial charge in [0, 0.05) is 29.5 Å². The molecule has 19 heavy (non-hydrogen) atoms.